The minimum absolute atomic E-state index is 0.217. The second-order valence-corrected chi connectivity index (χ2v) is 11.2. The molecule has 5 rings (SSSR count). The number of halogens is 3. The van der Waals surface area contributed by atoms with Crippen molar-refractivity contribution < 1.29 is 9.47 Å². The molecular formula is C29H23BrCl2N2O2S. The average Bonchev–Trinajstić information content (AvgIpc) is 3.31. The van der Waals surface area contributed by atoms with E-state index < -0.39 is 0 Å². The Hall–Kier alpha value is -2.77. The highest BCUT2D eigenvalue weighted by Crippen LogP contribution is 2.38. The van der Waals surface area contributed by atoms with Crippen LogP contribution in [0.1, 0.15) is 16.7 Å². The summed E-state index contributed by atoms with van der Waals surface area (Å²) in [5, 5.41) is 5.62. The smallest absolute Gasteiger partial charge is 0.167 e. The van der Waals surface area contributed by atoms with Crippen molar-refractivity contribution in [2.45, 2.75) is 20.1 Å². The van der Waals surface area contributed by atoms with Gasteiger partial charge in [-0.15, -0.1) is 11.3 Å². The summed E-state index contributed by atoms with van der Waals surface area (Å²) in [5.74, 6) is 1.26. The molecule has 0 aliphatic carbocycles. The van der Waals surface area contributed by atoms with E-state index in [1.54, 1.807) is 30.6 Å². The zero-order valence-electron chi connectivity index (χ0n) is 20.1. The SMILES string of the molecule is COc1ccc(Br)c(CNc2ccc(-c3nc4ccc(C)cc4s3)cc2)c1OCc1c(Cl)cccc1Cl. The van der Waals surface area contributed by atoms with Crippen LogP contribution in [-0.2, 0) is 13.2 Å². The fourth-order valence-corrected chi connectivity index (χ4v) is 5.99. The van der Waals surface area contributed by atoms with Gasteiger partial charge in [-0.25, -0.2) is 4.98 Å². The van der Waals surface area contributed by atoms with Crippen LogP contribution in [0.5, 0.6) is 11.5 Å². The molecule has 4 nitrogen and oxygen atoms in total. The van der Waals surface area contributed by atoms with Gasteiger partial charge in [-0.1, -0.05) is 51.3 Å². The summed E-state index contributed by atoms with van der Waals surface area (Å²) in [6, 6.07) is 23.9. The van der Waals surface area contributed by atoms with E-state index in [9.17, 15) is 0 Å². The molecule has 0 saturated carbocycles. The first-order chi connectivity index (χ1) is 17.9. The number of hydrogen-bond donors (Lipinski definition) is 1. The highest BCUT2D eigenvalue weighted by Gasteiger charge is 2.17. The number of hydrogen-bond acceptors (Lipinski definition) is 5. The van der Waals surface area contributed by atoms with Crippen molar-refractivity contribution in [3.63, 3.8) is 0 Å². The second-order valence-electron chi connectivity index (χ2n) is 8.47. The molecule has 8 heteroatoms. The number of nitrogens with zero attached hydrogens (tertiary/aromatic N) is 1. The first kappa shape index (κ1) is 25.9. The molecule has 0 unspecified atom stereocenters. The molecule has 1 aromatic heterocycles. The summed E-state index contributed by atoms with van der Waals surface area (Å²) < 4.78 is 13.9. The van der Waals surface area contributed by atoms with Crippen molar-refractivity contribution in [2.75, 3.05) is 12.4 Å². The van der Waals surface area contributed by atoms with E-state index in [4.69, 9.17) is 37.7 Å². The summed E-state index contributed by atoms with van der Waals surface area (Å²) in [6.45, 7) is 2.83. The first-order valence-corrected chi connectivity index (χ1v) is 13.9. The molecule has 0 aliphatic heterocycles. The lowest BCUT2D eigenvalue weighted by atomic mass is 10.1. The molecule has 188 valence electrons. The molecule has 1 heterocycles. The van der Waals surface area contributed by atoms with E-state index in [0.717, 1.165) is 37.4 Å². The van der Waals surface area contributed by atoms with Crippen LogP contribution in [-0.4, -0.2) is 12.1 Å². The topological polar surface area (TPSA) is 43.4 Å². The maximum absolute atomic E-state index is 6.35. The summed E-state index contributed by atoms with van der Waals surface area (Å²) >= 11 is 18.1. The fourth-order valence-electron chi connectivity index (χ4n) is 3.96. The number of fused-ring (bicyclic) bond motifs is 1. The molecule has 0 spiro atoms. The number of aryl methyl sites for hydroxylation is 1. The van der Waals surface area contributed by atoms with Crippen LogP contribution in [0.3, 0.4) is 0 Å². The van der Waals surface area contributed by atoms with Crippen molar-refractivity contribution in [3.8, 4) is 22.1 Å². The van der Waals surface area contributed by atoms with Crippen LogP contribution in [0, 0.1) is 6.92 Å². The van der Waals surface area contributed by atoms with Crippen LogP contribution >= 0.6 is 50.5 Å². The maximum Gasteiger partial charge on any atom is 0.167 e. The van der Waals surface area contributed by atoms with Gasteiger partial charge in [0.1, 0.15) is 11.6 Å². The minimum Gasteiger partial charge on any atom is -0.493 e. The third-order valence-electron chi connectivity index (χ3n) is 5.95. The Morgan fingerprint density at radius 2 is 1.70 bits per heavy atom. The number of anilines is 1. The van der Waals surface area contributed by atoms with Gasteiger partial charge in [0.05, 0.1) is 17.3 Å². The molecule has 1 N–H and O–H groups in total. The molecule has 4 aromatic carbocycles. The third-order valence-corrected chi connectivity index (χ3v) is 8.47. The van der Waals surface area contributed by atoms with Crippen LogP contribution in [0.2, 0.25) is 10.0 Å². The predicted octanol–water partition coefficient (Wildman–Crippen LogP) is 9.54. The van der Waals surface area contributed by atoms with E-state index in [0.29, 0.717) is 28.1 Å². The maximum atomic E-state index is 6.35. The van der Waals surface area contributed by atoms with Gasteiger partial charge in [-0.05, 0) is 73.2 Å². The van der Waals surface area contributed by atoms with Crippen molar-refractivity contribution in [1.29, 1.82) is 0 Å². The Morgan fingerprint density at radius 1 is 0.946 bits per heavy atom. The zero-order valence-corrected chi connectivity index (χ0v) is 24.1. The third kappa shape index (κ3) is 5.73. The molecule has 5 aromatic rings. The van der Waals surface area contributed by atoms with E-state index in [-0.39, 0.29) is 6.61 Å². The Bertz CT molecular complexity index is 1550. The van der Waals surface area contributed by atoms with E-state index in [1.165, 1.54) is 10.3 Å². The van der Waals surface area contributed by atoms with Crippen molar-refractivity contribution in [2.24, 2.45) is 0 Å². The molecule has 0 saturated heterocycles. The van der Waals surface area contributed by atoms with Crippen LogP contribution in [0.4, 0.5) is 5.69 Å². The first-order valence-electron chi connectivity index (χ1n) is 11.6. The summed E-state index contributed by atoms with van der Waals surface area (Å²) in [6.07, 6.45) is 0. The molecule has 0 amide bonds. The van der Waals surface area contributed by atoms with E-state index in [2.05, 4.69) is 70.6 Å². The lowest BCUT2D eigenvalue weighted by Gasteiger charge is -2.18. The lowest BCUT2D eigenvalue weighted by molar-refractivity contribution is 0.281. The largest absolute Gasteiger partial charge is 0.493 e. The Kier molecular flexibility index (Phi) is 7.91. The predicted molar refractivity (Wildman–Crippen MR) is 159 cm³/mol. The number of benzene rings is 4. The summed E-state index contributed by atoms with van der Waals surface area (Å²) in [7, 11) is 1.62. The van der Waals surface area contributed by atoms with Gasteiger partial charge >= 0.3 is 0 Å². The standard InChI is InChI=1S/C29H23BrCl2N2O2S/c1-17-6-12-25-27(14-17)37-29(34-25)18-7-9-19(10-8-18)33-15-20-22(30)11-13-26(35-2)28(20)36-16-21-23(31)4-3-5-24(21)32/h3-14,33H,15-16H2,1-2H3. The van der Waals surface area contributed by atoms with Crippen molar-refractivity contribution in [3.05, 3.63) is 104 Å². The quantitative estimate of drug-likeness (QED) is 0.189. The van der Waals surface area contributed by atoms with Crippen LogP contribution < -0.4 is 14.8 Å². The average molecular weight is 614 g/mol. The van der Waals surface area contributed by atoms with Gasteiger partial charge in [0.15, 0.2) is 11.5 Å². The molecular weight excluding hydrogens is 591 g/mol. The number of methoxy groups -OCH3 is 1. The lowest BCUT2D eigenvalue weighted by Crippen LogP contribution is -2.06. The highest BCUT2D eigenvalue weighted by atomic mass is 79.9. The van der Waals surface area contributed by atoms with Gasteiger partial charge in [0.25, 0.3) is 0 Å². The normalized spacial score (nSPS) is 11.1. The van der Waals surface area contributed by atoms with Gasteiger partial charge in [-0.3, -0.25) is 0 Å². The molecule has 0 bridgehead atoms. The number of ether oxygens (including phenoxy) is 2. The number of rotatable bonds is 8. The van der Waals surface area contributed by atoms with Gasteiger partial charge in [-0.2, -0.15) is 0 Å². The van der Waals surface area contributed by atoms with Crippen LogP contribution in [0.15, 0.2) is 77.3 Å². The van der Waals surface area contributed by atoms with E-state index >= 15 is 0 Å². The molecule has 0 atom stereocenters. The van der Waals surface area contributed by atoms with Gasteiger partial charge < -0.3 is 14.8 Å². The fraction of sp³-hybridized carbons (Fsp3) is 0.138. The molecule has 37 heavy (non-hydrogen) atoms. The molecule has 0 radical (unpaired) electrons. The summed E-state index contributed by atoms with van der Waals surface area (Å²) in [5.41, 5.74) is 5.99. The van der Waals surface area contributed by atoms with Crippen molar-refractivity contribution in [1.82, 2.24) is 4.98 Å². The number of nitrogens with one attached hydrogen (secondary N) is 1. The highest BCUT2D eigenvalue weighted by molar-refractivity contribution is 9.10. The molecule has 0 aliphatic rings. The van der Waals surface area contributed by atoms with Crippen LogP contribution in [0.25, 0.3) is 20.8 Å². The van der Waals surface area contributed by atoms with E-state index in [1.807, 2.05) is 18.2 Å². The Labute approximate surface area is 238 Å². The Balaban J connectivity index is 1.34. The monoisotopic (exact) mass is 612 g/mol. The number of thiazole rings is 1. The number of aromatic nitrogens is 1. The zero-order chi connectivity index (χ0) is 25.9. The summed E-state index contributed by atoms with van der Waals surface area (Å²) in [4.78, 5) is 4.79. The minimum atomic E-state index is 0.217. The van der Waals surface area contributed by atoms with Gasteiger partial charge in [0.2, 0.25) is 0 Å². The Morgan fingerprint density at radius 3 is 2.43 bits per heavy atom. The second kappa shape index (κ2) is 11.3. The van der Waals surface area contributed by atoms with Crippen molar-refractivity contribution >= 4 is 66.4 Å². The molecule has 0 fully saturated rings. The van der Waals surface area contributed by atoms with Gasteiger partial charge in [0, 0.05) is 43.4 Å².